The Morgan fingerprint density at radius 1 is 1.21 bits per heavy atom. The number of methoxy groups -OCH3 is 1. The molecule has 138 valence electrons. The maximum atomic E-state index is 10.7. The van der Waals surface area contributed by atoms with Gasteiger partial charge in [0.05, 0.1) is 23.3 Å². The Bertz CT molecular complexity index is 1080. The molecule has 7 heteroatoms. The number of hydrogen-bond donors (Lipinski definition) is 0. The van der Waals surface area contributed by atoms with E-state index in [1.165, 1.54) is 23.5 Å². The summed E-state index contributed by atoms with van der Waals surface area (Å²) >= 11 is 1.40. The van der Waals surface area contributed by atoms with Crippen LogP contribution in [0.3, 0.4) is 0 Å². The highest BCUT2D eigenvalue weighted by molar-refractivity contribution is 7.11. The molecule has 2 aromatic carbocycles. The van der Waals surface area contributed by atoms with Gasteiger partial charge in [-0.05, 0) is 48.0 Å². The van der Waals surface area contributed by atoms with Crippen molar-refractivity contribution in [2.75, 3.05) is 7.11 Å². The minimum Gasteiger partial charge on any atom is -0.497 e. The molecule has 0 atom stereocenters. The second-order valence-corrected chi connectivity index (χ2v) is 6.52. The Kier molecular flexibility index (Phi) is 5.94. The summed E-state index contributed by atoms with van der Waals surface area (Å²) < 4.78 is 5.15. The van der Waals surface area contributed by atoms with E-state index in [-0.39, 0.29) is 5.69 Å². The van der Waals surface area contributed by atoms with Crippen LogP contribution in [0.25, 0.3) is 22.9 Å². The number of nitriles is 1. The molecule has 0 amide bonds. The molecular weight excluding hydrogens is 374 g/mol. The summed E-state index contributed by atoms with van der Waals surface area (Å²) in [4.78, 5) is 14.8. The third-order valence-corrected chi connectivity index (χ3v) is 4.77. The number of allylic oxidation sites excluding steroid dienone is 3. The van der Waals surface area contributed by atoms with E-state index in [2.05, 4.69) is 11.1 Å². The number of rotatable bonds is 6. The smallest absolute Gasteiger partial charge is 0.269 e. The third-order valence-electron chi connectivity index (χ3n) is 3.90. The summed E-state index contributed by atoms with van der Waals surface area (Å²) in [6, 6.07) is 15.9. The van der Waals surface area contributed by atoms with Crippen molar-refractivity contribution in [2.24, 2.45) is 0 Å². The molecule has 1 heterocycles. The summed E-state index contributed by atoms with van der Waals surface area (Å²) in [5, 5.41) is 22.7. The predicted molar refractivity (Wildman–Crippen MR) is 110 cm³/mol. The molecule has 3 rings (SSSR count). The summed E-state index contributed by atoms with van der Waals surface area (Å²) in [6.07, 6.45) is 5.19. The van der Waals surface area contributed by atoms with Gasteiger partial charge in [-0.25, -0.2) is 4.98 Å². The van der Waals surface area contributed by atoms with Gasteiger partial charge in [0, 0.05) is 23.1 Å². The van der Waals surface area contributed by atoms with Gasteiger partial charge in [0.1, 0.15) is 16.8 Å². The zero-order valence-corrected chi connectivity index (χ0v) is 15.7. The second kappa shape index (κ2) is 8.75. The van der Waals surface area contributed by atoms with Crippen molar-refractivity contribution >= 4 is 28.7 Å². The van der Waals surface area contributed by atoms with Crippen LogP contribution in [0.4, 0.5) is 5.69 Å². The number of nitrogens with zero attached hydrogens (tertiary/aromatic N) is 3. The highest BCUT2D eigenvalue weighted by atomic mass is 32.1. The fourth-order valence-corrected chi connectivity index (χ4v) is 3.21. The van der Waals surface area contributed by atoms with Gasteiger partial charge >= 0.3 is 0 Å². The van der Waals surface area contributed by atoms with Crippen molar-refractivity contribution in [2.45, 2.75) is 0 Å². The number of ether oxygens (including phenoxy) is 1. The van der Waals surface area contributed by atoms with E-state index in [0.717, 1.165) is 22.6 Å². The molecule has 28 heavy (non-hydrogen) atoms. The van der Waals surface area contributed by atoms with E-state index in [1.54, 1.807) is 37.5 Å². The van der Waals surface area contributed by atoms with E-state index in [1.807, 2.05) is 29.6 Å². The lowest BCUT2D eigenvalue weighted by Crippen LogP contribution is -1.86. The van der Waals surface area contributed by atoms with Gasteiger partial charge in [0.2, 0.25) is 0 Å². The largest absolute Gasteiger partial charge is 0.497 e. The molecule has 0 saturated heterocycles. The molecule has 6 nitrogen and oxygen atoms in total. The number of benzene rings is 2. The molecule has 0 radical (unpaired) electrons. The molecule has 0 aliphatic carbocycles. The predicted octanol–water partition coefficient (Wildman–Crippen LogP) is 5.35. The number of non-ortho nitro benzene ring substituents is 1. The topological polar surface area (TPSA) is 89.0 Å². The van der Waals surface area contributed by atoms with E-state index in [0.29, 0.717) is 10.6 Å². The lowest BCUT2D eigenvalue weighted by atomic mass is 10.1. The third kappa shape index (κ3) is 4.50. The first-order chi connectivity index (χ1) is 13.6. The van der Waals surface area contributed by atoms with Crippen LogP contribution < -0.4 is 4.74 Å². The van der Waals surface area contributed by atoms with E-state index in [4.69, 9.17) is 4.74 Å². The summed E-state index contributed by atoms with van der Waals surface area (Å²) in [5.74, 6) is 0.771. The van der Waals surface area contributed by atoms with Crippen LogP contribution in [0.2, 0.25) is 0 Å². The molecule has 3 aromatic rings. The molecule has 0 aliphatic heterocycles. The molecule has 0 aliphatic rings. The Balaban J connectivity index is 1.76. The van der Waals surface area contributed by atoms with Crippen molar-refractivity contribution in [1.82, 2.24) is 4.98 Å². The van der Waals surface area contributed by atoms with Crippen molar-refractivity contribution in [3.63, 3.8) is 0 Å². The maximum absolute atomic E-state index is 10.7. The van der Waals surface area contributed by atoms with Crippen LogP contribution in [0.15, 0.2) is 66.1 Å². The normalized spacial score (nSPS) is 11.4. The van der Waals surface area contributed by atoms with Crippen LogP contribution in [-0.4, -0.2) is 17.0 Å². The van der Waals surface area contributed by atoms with Gasteiger partial charge in [-0.3, -0.25) is 10.1 Å². The van der Waals surface area contributed by atoms with Crippen molar-refractivity contribution in [3.8, 4) is 23.1 Å². The number of nitro benzene ring substituents is 1. The Hall–Kier alpha value is -3.76. The van der Waals surface area contributed by atoms with Gasteiger partial charge in [0.15, 0.2) is 0 Å². The van der Waals surface area contributed by atoms with Crippen LogP contribution in [0, 0.1) is 21.4 Å². The molecule has 0 unspecified atom stereocenters. The van der Waals surface area contributed by atoms with Crippen molar-refractivity contribution in [3.05, 3.63) is 86.7 Å². The van der Waals surface area contributed by atoms with E-state index < -0.39 is 4.92 Å². The first-order valence-electron chi connectivity index (χ1n) is 8.24. The maximum Gasteiger partial charge on any atom is 0.269 e. The Morgan fingerprint density at radius 2 is 1.93 bits per heavy atom. The molecule has 0 saturated carbocycles. The number of nitro groups is 1. The monoisotopic (exact) mass is 389 g/mol. The van der Waals surface area contributed by atoms with Crippen molar-refractivity contribution < 1.29 is 9.66 Å². The van der Waals surface area contributed by atoms with Crippen LogP contribution >= 0.6 is 11.3 Å². The zero-order valence-electron chi connectivity index (χ0n) is 14.9. The Morgan fingerprint density at radius 3 is 2.54 bits per heavy atom. The first kappa shape index (κ1) is 19.0. The zero-order chi connectivity index (χ0) is 19.9. The van der Waals surface area contributed by atoms with Gasteiger partial charge in [0.25, 0.3) is 5.69 Å². The van der Waals surface area contributed by atoms with Crippen molar-refractivity contribution in [1.29, 1.82) is 5.26 Å². The lowest BCUT2D eigenvalue weighted by molar-refractivity contribution is -0.384. The van der Waals surface area contributed by atoms with Crippen LogP contribution in [0.1, 0.15) is 10.6 Å². The fraction of sp³-hybridized carbons (Fsp3) is 0.0476. The van der Waals surface area contributed by atoms with Gasteiger partial charge in [-0.1, -0.05) is 12.2 Å². The van der Waals surface area contributed by atoms with Crippen LogP contribution in [0.5, 0.6) is 5.75 Å². The number of aromatic nitrogens is 1. The molecule has 0 fully saturated rings. The highest BCUT2D eigenvalue weighted by Crippen LogP contribution is 2.27. The summed E-state index contributed by atoms with van der Waals surface area (Å²) in [6.45, 7) is 0. The van der Waals surface area contributed by atoms with Gasteiger partial charge < -0.3 is 4.74 Å². The Labute approximate surface area is 165 Å². The fourth-order valence-electron chi connectivity index (χ4n) is 2.41. The van der Waals surface area contributed by atoms with E-state index >= 15 is 0 Å². The van der Waals surface area contributed by atoms with E-state index in [9.17, 15) is 15.4 Å². The average Bonchev–Trinajstić information content (AvgIpc) is 3.21. The van der Waals surface area contributed by atoms with Gasteiger partial charge in [-0.15, -0.1) is 11.3 Å². The average molecular weight is 389 g/mol. The minimum atomic E-state index is -0.440. The first-order valence-corrected chi connectivity index (χ1v) is 9.12. The lowest BCUT2D eigenvalue weighted by Gasteiger charge is -2.00. The minimum absolute atomic E-state index is 0.0410. The molecule has 0 N–H and O–H groups in total. The molecule has 0 bridgehead atoms. The highest BCUT2D eigenvalue weighted by Gasteiger charge is 2.08. The molecule has 0 spiro atoms. The molecule has 1 aromatic heterocycles. The second-order valence-electron chi connectivity index (χ2n) is 5.67. The summed E-state index contributed by atoms with van der Waals surface area (Å²) in [5.41, 5.74) is 3.03. The van der Waals surface area contributed by atoms with Gasteiger partial charge in [-0.2, -0.15) is 5.26 Å². The summed E-state index contributed by atoms with van der Waals surface area (Å²) in [7, 11) is 1.62. The standard InChI is InChI=1S/C21H15N3O3S/c1-27-19-11-7-16(8-12-19)20-14-28-21(23-20)17(13-22)4-2-3-15-5-9-18(10-6-15)24(25)26/h2-12,14H,1H3/b3-2-,17-4+. The van der Waals surface area contributed by atoms with Crippen LogP contribution in [-0.2, 0) is 0 Å². The number of thiazole rings is 1. The number of hydrogen-bond acceptors (Lipinski definition) is 6. The quantitative estimate of drug-likeness (QED) is 0.245. The molecular formula is C21H15N3O3S. The SMILES string of the molecule is COc1ccc(-c2csc(/C(C#N)=C/C=C\c3ccc([N+](=O)[O-])cc3)n2)cc1.